The van der Waals surface area contributed by atoms with Gasteiger partial charge in [0.1, 0.15) is 0 Å². The summed E-state index contributed by atoms with van der Waals surface area (Å²) in [5.41, 5.74) is -0.00795. The molecule has 1 heterocycles. The molecular weight excluding hydrogens is 242 g/mol. The maximum Gasteiger partial charge on any atom is 0.253 e. The second-order valence-electron chi connectivity index (χ2n) is 6.20. The summed E-state index contributed by atoms with van der Waals surface area (Å²) in [5, 5.41) is 20.5. The third-order valence-corrected chi connectivity index (χ3v) is 3.96. The van der Waals surface area contributed by atoms with Crippen molar-refractivity contribution in [2.24, 2.45) is 5.41 Å². The van der Waals surface area contributed by atoms with E-state index >= 15 is 0 Å². The van der Waals surface area contributed by atoms with E-state index in [9.17, 15) is 9.90 Å². The third-order valence-electron chi connectivity index (χ3n) is 3.96. The van der Waals surface area contributed by atoms with Gasteiger partial charge in [-0.1, -0.05) is 13.8 Å². The Morgan fingerprint density at radius 2 is 2.00 bits per heavy atom. The van der Waals surface area contributed by atoms with E-state index in [1.807, 2.05) is 0 Å². The molecule has 1 saturated carbocycles. The standard InChI is InChI=1S/C14H21N3O2/c1-13(2)4-6-14(19,7-5-13)10-15-12(18)11-3-8-16-17-9-11/h3,8-9,19H,4-7,10H2,1-2H3,(H,15,18). The van der Waals surface area contributed by atoms with E-state index in [-0.39, 0.29) is 5.91 Å². The van der Waals surface area contributed by atoms with Crippen LogP contribution >= 0.6 is 0 Å². The van der Waals surface area contributed by atoms with Gasteiger partial charge < -0.3 is 10.4 Å². The molecule has 19 heavy (non-hydrogen) atoms. The van der Waals surface area contributed by atoms with E-state index in [1.54, 1.807) is 6.07 Å². The third kappa shape index (κ3) is 3.73. The molecule has 0 aromatic carbocycles. The van der Waals surface area contributed by atoms with Crippen molar-refractivity contribution in [2.75, 3.05) is 6.54 Å². The second-order valence-corrected chi connectivity index (χ2v) is 6.20. The van der Waals surface area contributed by atoms with E-state index in [0.717, 1.165) is 25.7 Å². The predicted octanol–water partition coefficient (Wildman–Crippen LogP) is 1.54. The number of hydrogen-bond donors (Lipinski definition) is 2. The highest BCUT2D eigenvalue weighted by atomic mass is 16.3. The first kappa shape index (κ1) is 13.9. The van der Waals surface area contributed by atoms with Gasteiger partial charge in [0.05, 0.1) is 23.6 Å². The summed E-state index contributed by atoms with van der Waals surface area (Å²) in [6, 6.07) is 1.61. The molecule has 104 valence electrons. The molecule has 0 radical (unpaired) electrons. The van der Waals surface area contributed by atoms with Gasteiger partial charge in [-0.25, -0.2) is 0 Å². The fraction of sp³-hybridized carbons (Fsp3) is 0.643. The smallest absolute Gasteiger partial charge is 0.253 e. The molecule has 1 aromatic rings. The van der Waals surface area contributed by atoms with Crippen LogP contribution in [0, 0.1) is 5.41 Å². The maximum absolute atomic E-state index is 11.9. The lowest BCUT2D eigenvalue weighted by molar-refractivity contribution is -0.0233. The van der Waals surface area contributed by atoms with Crippen LogP contribution in [0.5, 0.6) is 0 Å². The first-order valence-corrected chi connectivity index (χ1v) is 6.68. The lowest BCUT2D eigenvalue weighted by Crippen LogP contribution is -2.46. The second kappa shape index (κ2) is 5.25. The number of hydrogen-bond acceptors (Lipinski definition) is 4. The minimum atomic E-state index is -0.772. The molecule has 2 N–H and O–H groups in total. The van der Waals surface area contributed by atoms with Gasteiger partial charge in [-0.3, -0.25) is 4.79 Å². The zero-order chi connectivity index (χ0) is 13.9. The van der Waals surface area contributed by atoms with Crippen molar-refractivity contribution in [2.45, 2.75) is 45.1 Å². The molecule has 2 rings (SSSR count). The Hall–Kier alpha value is -1.49. The summed E-state index contributed by atoms with van der Waals surface area (Å²) in [4.78, 5) is 11.9. The van der Waals surface area contributed by atoms with Crippen LogP contribution in [0.15, 0.2) is 18.5 Å². The number of amides is 1. The van der Waals surface area contributed by atoms with Gasteiger partial charge in [0.2, 0.25) is 0 Å². The molecule has 0 aliphatic heterocycles. The van der Waals surface area contributed by atoms with Gasteiger partial charge in [-0.2, -0.15) is 10.2 Å². The number of aromatic nitrogens is 2. The Kier molecular flexibility index (Phi) is 3.85. The number of aliphatic hydroxyl groups is 1. The van der Waals surface area contributed by atoms with Gasteiger partial charge in [0, 0.05) is 6.54 Å². The monoisotopic (exact) mass is 263 g/mol. The number of carbonyl (C=O) groups excluding carboxylic acids is 1. The normalized spacial score (nSPS) is 20.8. The van der Waals surface area contributed by atoms with Crippen molar-refractivity contribution in [3.05, 3.63) is 24.0 Å². The first-order valence-electron chi connectivity index (χ1n) is 6.68. The van der Waals surface area contributed by atoms with Crippen LogP contribution < -0.4 is 5.32 Å². The molecule has 1 aliphatic rings. The highest BCUT2D eigenvalue weighted by Crippen LogP contribution is 2.39. The van der Waals surface area contributed by atoms with E-state index in [2.05, 4.69) is 29.4 Å². The van der Waals surface area contributed by atoms with E-state index in [0.29, 0.717) is 17.5 Å². The minimum Gasteiger partial charge on any atom is -0.388 e. The van der Waals surface area contributed by atoms with Crippen LogP contribution in [0.3, 0.4) is 0 Å². The summed E-state index contributed by atoms with van der Waals surface area (Å²) in [6.45, 7) is 4.73. The highest BCUT2D eigenvalue weighted by Gasteiger charge is 2.36. The molecule has 0 bridgehead atoms. The summed E-state index contributed by atoms with van der Waals surface area (Å²) in [6.07, 6.45) is 6.33. The highest BCUT2D eigenvalue weighted by molar-refractivity contribution is 5.93. The topological polar surface area (TPSA) is 75.1 Å². The van der Waals surface area contributed by atoms with Crippen molar-refractivity contribution in [1.82, 2.24) is 15.5 Å². The lowest BCUT2D eigenvalue weighted by atomic mass is 9.71. The summed E-state index contributed by atoms with van der Waals surface area (Å²) in [5.74, 6) is -0.215. The Balaban J connectivity index is 1.87. The van der Waals surface area contributed by atoms with E-state index in [1.165, 1.54) is 12.4 Å². The zero-order valence-electron chi connectivity index (χ0n) is 11.5. The van der Waals surface area contributed by atoms with Gasteiger partial charge >= 0.3 is 0 Å². The molecular formula is C14H21N3O2. The van der Waals surface area contributed by atoms with Crippen LogP contribution in [-0.2, 0) is 0 Å². The molecule has 0 unspecified atom stereocenters. The first-order chi connectivity index (χ1) is 8.90. The minimum absolute atomic E-state index is 0.215. The number of rotatable bonds is 3. The Morgan fingerprint density at radius 3 is 2.58 bits per heavy atom. The quantitative estimate of drug-likeness (QED) is 0.867. The fourth-order valence-corrected chi connectivity index (χ4v) is 2.34. The van der Waals surface area contributed by atoms with Crippen LogP contribution in [0.4, 0.5) is 0 Å². The maximum atomic E-state index is 11.9. The molecule has 1 fully saturated rings. The summed E-state index contributed by atoms with van der Waals surface area (Å²) in [7, 11) is 0. The lowest BCUT2D eigenvalue weighted by Gasteiger charge is -2.40. The molecule has 1 aromatic heterocycles. The molecule has 5 heteroatoms. The van der Waals surface area contributed by atoms with Crippen molar-refractivity contribution in [3.8, 4) is 0 Å². The molecule has 0 atom stereocenters. The molecule has 5 nitrogen and oxygen atoms in total. The Bertz CT molecular complexity index is 435. The number of carbonyl (C=O) groups is 1. The number of nitrogens with zero attached hydrogens (tertiary/aromatic N) is 2. The van der Waals surface area contributed by atoms with Crippen molar-refractivity contribution >= 4 is 5.91 Å². The summed E-state index contributed by atoms with van der Waals surface area (Å²) >= 11 is 0. The molecule has 0 spiro atoms. The van der Waals surface area contributed by atoms with Crippen molar-refractivity contribution in [1.29, 1.82) is 0 Å². The predicted molar refractivity (Wildman–Crippen MR) is 71.6 cm³/mol. The Morgan fingerprint density at radius 1 is 1.32 bits per heavy atom. The summed E-state index contributed by atoms with van der Waals surface area (Å²) < 4.78 is 0. The number of nitrogens with one attached hydrogen (secondary N) is 1. The molecule has 1 amide bonds. The van der Waals surface area contributed by atoms with Crippen molar-refractivity contribution < 1.29 is 9.90 Å². The van der Waals surface area contributed by atoms with Gasteiger partial charge in [-0.05, 0) is 37.2 Å². The van der Waals surface area contributed by atoms with Crippen LogP contribution in [0.25, 0.3) is 0 Å². The van der Waals surface area contributed by atoms with Gasteiger partial charge in [0.15, 0.2) is 0 Å². The Labute approximate surface area is 113 Å². The van der Waals surface area contributed by atoms with Crippen molar-refractivity contribution in [3.63, 3.8) is 0 Å². The fourth-order valence-electron chi connectivity index (χ4n) is 2.34. The van der Waals surface area contributed by atoms with Crippen LogP contribution in [-0.4, -0.2) is 33.4 Å². The average Bonchev–Trinajstić information content (AvgIpc) is 2.41. The largest absolute Gasteiger partial charge is 0.388 e. The van der Waals surface area contributed by atoms with Crippen LogP contribution in [0.2, 0.25) is 0 Å². The SMILES string of the molecule is CC1(C)CCC(O)(CNC(=O)c2ccnnc2)CC1. The van der Waals surface area contributed by atoms with E-state index < -0.39 is 5.60 Å². The zero-order valence-corrected chi connectivity index (χ0v) is 11.5. The molecule has 0 saturated heterocycles. The van der Waals surface area contributed by atoms with E-state index in [4.69, 9.17) is 0 Å². The van der Waals surface area contributed by atoms with Gasteiger partial charge in [0.25, 0.3) is 5.91 Å². The molecule has 1 aliphatic carbocycles. The average molecular weight is 263 g/mol. The van der Waals surface area contributed by atoms with Gasteiger partial charge in [-0.15, -0.1) is 0 Å². The van der Waals surface area contributed by atoms with Crippen LogP contribution in [0.1, 0.15) is 49.9 Å².